The Morgan fingerprint density at radius 3 is 1.08 bits per heavy atom. The zero-order chi connectivity index (χ0) is 73.4. The first-order valence-electron chi connectivity index (χ1n) is 35.6. The first-order chi connectivity index (χ1) is 48.6. The number of esters is 3. The predicted molar refractivity (Wildman–Crippen MR) is 404 cm³/mol. The molecule has 0 saturated carbocycles. The molecule has 22 heteroatoms. The molecule has 0 unspecified atom stereocenters. The van der Waals surface area contributed by atoms with Crippen molar-refractivity contribution in [2.45, 2.75) is 143 Å². The molecule has 10 heterocycles. The lowest BCUT2D eigenvalue weighted by atomic mass is 10.0. The Hall–Kier alpha value is -8.57. The number of pyridine rings is 4. The summed E-state index contributed by atoms with van der Waals surface area (Å²) in [4.78, 5) is 75.5. The van der Waals surface area contributed by atoms with E-state index in [0.717, 1.165) is 127 Å². The fraction of sp³-hybridized carbons (Fsp3) is 0.457. The minimum absolute atomic E-state index is 0. The van der Waals surface area contributed by atoms with Crippen molar-refractivity contribution in [3.8, 4) is 11.5 Å². The molecule has 2 aromatic carbocycles. The Kier molecular flexibility index (Phi) is 31.2. The third-order valence-electron chi connectivity index (χ3n) is 16.9. The van der Waals surface area contributed by atoms with Gasteiger partial charge in [0.1, 0.15) is 51.8 Å². The summed E-state index contributed by atoms with van der Waals surface area (Å²) in [5.41, 5.74) is 8.40. The molecule has 1 amide bonds. The molecule has 4 aromatic heterocycles. The van der Waals surface area contributed by atoms with Gasteiger partial charge >= 0.3 is 17.9 Å². The Labute approximate surface area is 614 Å². The van der Waals surface area contributed by atoms with E-state index in [2.05, 4.69) is 90.7 Å². The van der Waals surface area contributed by atoms with E-state index in [4.69, 9.17) is 23.7 Å². The third-order valence-corrected chi connectivity index (χ3v) is 16.9. The zero-order valence-corrected chi connectivity index (χ0v) is 62.9. The maximum absolute atomic E-state index is 13.8. The van der Waals surface area contributed by atoms with Gasteiger partial charge in [-0.15, -0.1) is 12.4 Å². The van der Waals surface area contributed by atoms with E-state index in [0.29, 0.717) is 54.5 Å². The topological polar surface area (TPSA) is 203 Å². The number of nitrogens with zero attached hydrogens (tertiary/aromatic N) is 8. The highest BCUT2D eigenvalue weighted by Crippen LogP contribution is 2.28. The Balaban J connectivity index is 0.000000183. The Morgan fingerprint density at radius 1 is 0.408 bits per heavy atom. The highest BCUT2D eigenvalue weighted by molar-refractivity contribution is 5.93. The van der Waals surface area contributed by atoms with Crippen LogP contribution in [-0.2, 0) is 14.2 Å². The minimum atomic E-state index is -0.498. The Bertz CT molecular complexity index is 3810. The number of likely N-dealkylation sites (N-methyl/N-ethyl adjacent to an activating group) is 3. The molecule has 6 aliphatic heterocycles. The number of amides is 1. The maximum Gasteiger partial charge on any atom is 0.357 e. The minimum Gasteiger partial charge on any atom is -0.487 e. The molecule has 2 fully saturated rings. The van der Waals surface area contributed by atoms with Crippen molar-refractivity contribution in [3.05, 3.63) is 203 Å². The molecular formula is C81H105ClF2N10O9. The number of ether oxygens (including phenoxy) is 5. The summed E-state index contributed by atoms with van der Waals surface area (Å²) >= 11 is 0. The van der Waals surface area contributed by atoms with Gasteiger partial charge in [-0.1, -0.05) is 72.8 Å². The number of halogens is 3. The summed E-state index contributed by atoms with van der Waals surface area (Å²) in [7, 11) is 6.29. The van der Waals surface area contributed by atoms with Gasteiger partial charge in [0.15, 0.2) is 23.1 Å². The van der Waals surface area contributed by atoms with E-state index in [1.165, 1.54) is 34.4 Å². The molecule has 6 aromatic rings. The SMILES string of the molecule is CC(C)(C)OC(=O)c1cccc(C2=CCNCC2)n1.CN1CC=C(c2cccc(C(=O)N3CCC(Oc4ccccc4F)CC3)n2)CC1.CN1CC=C(c2cccc(C(=O)OC(C)(C)C)n2)CC1.CN1CC=C(c2cccc(C(=O)OC(C)(C)C)n2)CC1.Cl.Fc1ccccc1OC1CCNCC1. The number of rotatable bonds is 12. The molecule has 103 heavy (non-hydrogen) atoms. The van der Waals surface area contributed by atoms with Gasteiger partial charge in [-0.25, -0.2) is 43.1 Å². The van der Waals surface area contributed by atoms with Crippen LogP contribution in [0.3, 0.4) is 0 Å². The van der Waals surface area contributed by atoms with Crippen LogP contribution in [0.2, 0.25) is 0 Å². The average molecular weight is 1440 g/mol. The lowest BCUT2D eigenvalue weighted by molar-refractivity contribution is 0.00504. The van der Waals surface area contributed by atoms with Crippen molar-refractivity contribution in [2.75, 3.05) is 99.7 Å². The van der Waals surface area contributed by atoms with E-state index in [-0.39, 0.29) is 65.8 Å². The second-order valence-electron chi connectivity index (χ2n) is 29.1. The zero-order valence-electron chi connectivity index (χ0n) is 62.1. The number of hydrogen-bond donors (Lipinski definition) is 2. The molecule has 0 bridgehead atoms. The van der Waals surface area contributed by atoms with Crippen LogP contribution in [0.15, 0.2) is 146 Å². The number of nitrogens with one attached hydrogen (secondary N) is 2. The van der Waals surface area contributed by atoms with Crippen LogP contribution in [-0.4, -0.2) is 192 Å². The molecule has 6 aliphatic rings. The lowest BCUT2D eigenvalue weighted by Crippen LogP contribution is -2.42. The van der Waals surface area contributed by atoms with Crippen LogP contribution in [0.1, 0.15) is 178 Å². The first-order valence-corrected chi connectivity index (χ1v) is 35.6. The predicted octanol–water partition coefficient (Wildman–Crippen LogP) is 13.9. The quantitative estimate of drug-likeness (QED) is 0.0864. The number of likely N-dealkylation sites (tertiary alicyclic amines) is 1. The molecule has 2 saturated heterocycles. The largest absolute Gasteiger partial charge is 0.487 e. The van der Waals surface area contributed by atoms with Gasteiger partial charge in [0.25, 0.3) is 5.91 Å². The second kappa shape index (κ2) is 39.3. The highest BCUT2D eigenvalue weighted by Gasteiger charge is 2.28. The normalized spacial score (nSPS) is 17.0. The molecule has 12 rings (SSSR count). The van der Waals surface area contributed by atoms with Crippen LogP contribution >= 0.6 is 12.4 Å². The van der Waals surface area contributed by atoms with Gasteiger partial charge < -0.3 is 53.9 Å². The highest BCUT2D eigenvalue weighted by atomic mass is 35.5. The Morgan fingerprint density at radius 2 is 0.748 bits per heavy atom. The standard InChI is InChI=1S/C23H26FN3O2.2C16H22N2O2.C15H20N2O2.C11H14FNO.ClH/c1-26-13-9-17(10-14-26)20-6-4-7-21(25-20)23(28)27-15-11-18(12-16-27)29-22-8-3-2-5-19(22)24;2*1-16(2,3)20-15(19)14-7-5-6-13(17-14)12-8-10-18(4)11-9-12;1-15(2,3)19-14(18)13-6-4-5-12(17-13)11-7-9-16-10-8-11;12-10-3-1-2-4-11(10)14-9-5-7-13-8-6-9;/h2-9,18H,10-16H2,1H3;2*5-8H,9-11H2,1-4H3;4-7,16H,8-10H2,1-3H3;1-4,9,13H,5-8H2;1H. The molecule has 19 nitrogen and oxygen atoms in total. The first kappa shape index (κ1) is 81.7. The van der Waals surface area contributed by atoms with Crippen LogP contribution < -0.4 is 20.1 Å². The van der Waals surface area contributed by atoms with E-state index >= 15 is 0 Å². The number of hydrogen-bond acceptors (Lipinski definition) is 18. The van der Waals surface area contributed by atoms with Gasteiger partial charge in [-0.05, 0) is 237 Å². The smallest absolute Gasteiger partial charge is 0.357 e. The van der Waals surface area contributed by atoms with Crippen molar-refractivity contribution in [2.24, 2.45) is 0 Å². The second-order valence-corrected chi connectivity index (χ2v) is 29.1. The van der Waals surface area contributed by atoms with Crippen molar-refractivity contribution in [3.63, 3.8) is 0 Å². The van der Waals surface area contributed by atoms with Crippen molar-refractivity contribution in [1.82, 2.24) is 50.2 Å². The molecule has 0 radical (unpaired) electrons. The van der Waals surface area contributed by atoms with Crippen LogP contribution in [0.25, 0.3) is 22.3 Å². The van der Waals surface area contributed by atoms with Crippen molar-refractivity contribution >= 4 is 58.5 Å². The van der Waals surface area contributed by atoms with Crippen LogP contribution in [0.5, 0.6) is 11.5 Å². The van der Waals surface area contributed by atoms with Crippen LogP contribution in [0.4, 0.5) is 8.78 Å². The van der Waals surface area contributed by atoms with E-state index < -0.39 is 16.8 Å². The number of carbonyl (C=O) groups excluding carboxylic acids is 4. The van der Waals surface area contributed by atoms with Gasteiger partial charge in [0, 0.05) is 71.7 Å². The van der Waals surface area contributed by atoms with E-state index in [1.807, 2.05) is 116 Å². The van der Waals surface area contributed by atoms with Crippen molar-refractivity contribution in [1.29, 1.82) is 0 Å². The van der Waals surface area contributed by atoms with Gasteiger partial charge in [-0.2, -0.15) is 0 Å². The van der Waals surface area contributed by atoms with Gasteiger partial charge in [0.2, 0.25) is 0 Å². The van der Waals surface area contributed by atoms with Gasteiger partial charge in [-0.3, -0.25) is 4.79 Å². The number of benzene rings is 2. The lowest BCUT2D eigenvalue weighted by Gasteiger charge is -2.32. The summed E-state index contributed by atoms with van der Waals surface area (Å²) < 4.78 is 54.4. The number of aromatic nitrogens is 4. The molecule has 2 N–H and O–H groups in total. The van der Waals surface area contributed by atoms with E-state index in [9.17, 15) is 28.0 Å². The van der Waals surface area contributed by atoms with Crippen LogP contribution in [0, 0.1) is 11.6 Å². The number of piperidine rings is 2. The summed E-state index contributed by atoms with van der Waals surface area (Å²) in [6.45, 7) is 27.4. The third kappa shape index (κ3) is 27.5. The molecular weight excluding hydrogens is 1330 g/mol. The summed E-state index contributed by atoms with van der Waals surface area (Å²) in [6, 6.07) is 35.2. The van der Waals surface area contributed by atoms with Crippen molar-refractivity contribution < 1.29 is 51.6 Å². The maximum atomic E-state index is 13.8. The summed E-state index contributed by atoms with van der Waals surface area (Å²) in [5, 5.41) is 6.50. The number of carbonyl (C=O) groups is 4. The van der Waals surface area contributed by atoms with Gasteiger partial charge in [0.05, 0.1) is 22.8 Å². The fourth-order valence-electron chi connectivity index (χ4n) is 11.5. The molecule has 0 aliphatic carbocycles. The summed E-state index contributed by atoms with van der Waals surface area (Å²) in [6.07, 6.45) is 15.8. The molecule has 0 atom stereocenters. The molecule has 0 spiro atoms. The fourth-order valence-corrected chi connectivity index (χ4v) is 11.5. The number of para-hydroxylation sites is 2. The molecule has 554 valence electrons. The summed E-state index contributed by atoms with van der Waals surface area (Å²) in [5.74, 6) is -1.13. The monoisotopic (exact) mass is 1430 g/mol. The van der Waals surface area contributed by atoms with E-state index in [1.54, 1.807) is 60.7 Å². The average Bonchev–Trinajstić information content (AvgIpc) is 0.841.